The summed E-state index contributed by atoms with van der Waals surface area (Å²) >= 11 is 0. The highest BCUT2D eigenvalue weighted by Gasteiger charge is 2.31. The fraction of sp³-hybridized carbons (Fsp3) is 0.222. The molecule has 9 heteroatoms. The second-order valence-electron chi connectivity index (χ2n) is 5.62. The number of aryl methyl sites for hydroxylation is 1. The van der Waals surface area contributed by atoms with E-state index in [1.165, 1.54) is 19.2 Å². The molecular weight excluding hydrogens is 365 g/mol. The standard InChI is InChI=1S/C18H17F3N2O4/c1-10-7-12(23-17(26)22-2)4-5-13(10)14-8-11(18(19,20)21)3-6-15(14)27-9-16(24)25/h3-8H,9H2,1-2H3,(H,24,25)(H2,22,23,26). The van der Waals surface area contributed by atoms with E-state index in [4.69, 9.17) is 9.84 Å². The molecule has 0 radical (unpaired) electrons. The summed E-state index contributed by atoms with van der Waals surface area (Å²) in [5.74, 6) is -1.23. The van der Waals surface area contributed by atoms with E-state index in [1.54, 1.807) is 13.0 Å². The summed E-state index contributed by atoms with van der Waals surface area (Å²) in [6, 6.07) is 7.04. The SMILES string of the molecule is CNC(=O)Nc1ccc(-c2cc(C(F)(F)F)ccc2OCC(=O)O)c(C)c1. The third-order valence-electron chi connectivity index (χ3n) is 3.66. The molecule has 2 aromatic carbocycles. The van der Waals surface area contributed by atoms with Crippen LogP contribution in [0.2, 0.25) is 0 Å². The minimum Gasteiger partial charge on any atom is -0.481 e. The minimum atomic E-state index is -4.56. The van der Waals surface area contributed by atoms with Gasteiger partial charge in [0.15, 0.2) is 6.61 Å². The van der Waals surface area contributed by atoms with Gasteiger partial charge in [0.2, 0.25) is 0 Å². The number of alkyl halides is 3. The second-order valence-corrected chi connectivity index (χ2v) is 5.62. The Morgan fingerprint density at radius 3 is 2.37 bits per heavy atom. The fourth-order valence-electron chi connectivity index (χ4n) is 2.42. The van der Waals surface area contributed by atoms with E-state index in [-0.39, 0.29) is 11.3 Å². The van der Waals surface area contributed by atoms with Crippen molar-refractivity contribution in [3.8, 4) is 16.9 Å². The largest absolute Gasteiger partial charge is 0.481 e. The summed E-state index contributed by atoms with van der Waals surface area (Å²) in [5, 5.41) is 13.7. The molecule has 0 saturated heterocycles. The molecular formula is C18H17F3N2O4. The molecule has 3 N–H and O–H groups in total. The second kappa shape index (κ2) is 7.98. The first-order valence-electron chi connectivity index (χ1n) is 7.77. The quantitative estimate of drug-likeness (QED) is 0.732. The van der Waals surface area contributed by atoms with Crippen molar-refractivity contribution < 1.29 is 32.6 Å². The number of carboxylic acid groups (broad SMARTS) is 1. The number of nitrogens with one attached hydrogen (secondary N) is 2. The molecule has 0 fully saturated rings. The van der Waals surface area contributed by atoms with Gasteiger partial charge in [0.1, 0.15) is 5.75 Å². The van der Waals surface area contributed by atoms with Gasteiger partial charge in [-0.05, 0) is 48.4 Å². The van der Waals surface area contributed by atoms with Gasteiger partial charge in [-0.15, -0.1) is 0 Å². The average molecular weight is 382 g/mol. The number of hydrogen-bond donors (Lipinski definition) is 3. The van der Waals surface area contributed by atoms with E-state index in [0.29, 0.717) is 16.8 Å². The van der Waals surface area contributed by atoms with Crippen molar-refractivity contribution in [3.05, 3.63) is 47.5 Å². The summed E-state index contributed by atoms with van der Waals surface area (Å²) in [7, 11) is 1.45. The van der Waals surface area contributed by atoms with E-state index in [0.717, 1.165) is 18.2 Å². The van der Waals surface area contributed by atoms with Crippen molar-refractivity contribution in [2.45, 2.75) is 13.1 Å². The van der Waals surface area contributed by atoms with Crippen LogP contribution < -0.4 is 15.4 Å². The zero-order valence-electron chi connectivity index (χ0n) is 14.5. The van der Waals surface area contributed by atoms with E-state index in [2.05, 4.69) is 10.6 Å². The number of amides is 2. The molecule has 0 saturated carbocycles. The van der Waals surface area contributed by atoms with Gasteiger partial charge in [0, 0.05) is 18.3 Å². The molecule has 0 aliphatic heterocycles. The number of anilines is 1. The Balaban J connectivity index is 2.50. The molecule has 0 spiro atoms. The third-order valence-corrected chi connectivity index (χ3v) is 3.66. The van der Waals surface area contributed by atoms with Crippen molar-refractivity contribution >= 4 is 17.7 Å². The van der Waals surface area contributed by atoms with Gasteiger partial charge in [-0.25, -0.2) is 9.59 Å². The number of rotatable bonds is 5. The van der Waals surface area contributed by atoms with Crippen LogP contribution in [0.1, 0.15) is 11.1 Å². The fourth-order valence-corrected chi connectivity index (χ4v) is 2.42. The summed E-state index contributed by atoms with van der Waals surface area (Å²) in [4.78, 5) is 22.1. The molecule has 0 heterocycles. The normalized spacial score (nSPS) is 11.0. The molecule has 2 aromatic rings. The third kappa shape index (κ3) is 5.13. The first kappa shape index (κ1) is 20.1. The van der Waals surface area contributed by atoms with Crippen LogP contribution in [0, 0.1) is 6.92 Å². The van der Waals surface area contributed by atoms with Crippen molar-refractivity contribution in [1.82, 2.24) is 5.32 Å². The Hall–Kier alpha value is -3.23. The van der Waals surface area contributed by atoms with Gasteiger partial charge >= 0.3 is 18.2 Å². The number of urea groups is 1. The van der Waals surface area contributed by atoms with Crippen molar-refractivity contribution in [2.24, 2.45) is 0 Å². The average Bonchev–Trinajstić information content (AvgIpc) is 2.59. The Kier molecular flexibility index (Phi) is 5.94. The van der Waals surface area contributed by atoms with Crippen molar-refractivity contribution in [1.29, 1.82) is 0 Å². The van der Waals surface area contributed by atoms with E-state index in [1.807, 2.05) is 0 Å². The van der Waals surface area contributed by atoms with Crippen LogP contribution in [0.25, 0.3) is 11.1 Å². The number of carboxylic acids is 1. The van der Waals surface area contributed by atoms with Gasteiger partial charge in [-0.1, -0.05) is 6.07 Å². The van der Waals surface area contributed by atoms with Crippen LogP contribution in [0.4, 0.5) is 23.7 Å². The number of benzene rings is 2. The van der Waals surface area contributed by atoms with Crippen LogP contribution in [0.3, 0.4) is 0 Å². The number of hydrogen-bond acceptors (Lipinski definition) is 3. The lowest BCUT2D eigenvalue weighted by Gasteiger charge is -2.16. The highest BCUT2D eigenvalue weighted by atomic mass is 19.4. The topological polar surface area (TPSA) is 87.7 Å². The number of carbonyl (C=O) groups excluding carboxylic acids is 1. The van der Waals surface area contributed by atoms with Crippen LogP contribution in [-0.2, 0) is 11.0 Å². The smallest absolute Gasteiger partial charge is 0.416 e. The van der Waals surface area contributed by atoms with E-state index in [9.17, 15) is 22.8 Å². The summed E-state index contributed by atoms with van der Waals surface area (Å²) < 4.78 is 44.4. The lowest BCUT2D eigenvalue weighted by Crippen LogP contribution is -2.24. The summed E-state index contributed by atoms with van der Waals surface area (Å²) in [6.07, 6.45) is -4.56. The van der Waals surface area contributed by atoms with Crippen molar-refractivity contribution in [2.75, 3.05) is 19.0 Å². The van der Waals surface area contributed by atoms with E-state index >= 15 is 0 Å². The van der Waals surface area contributed by atoms with Gasteiger partial charge in [0.05, 0.1) is 5.56 Å². The predicted molar refractivity (Wildman–Crippen MR) is 92.8 cm³/mol. The van der Waals surface area contributed by atoms with Crippen molar-refractivity contribution in [3.63, 3.8) is 0 Å². The van der Waals surface area contributed by atoms with Crippen LogP contribution in [0.5, 0.6) is 5.75 Å². The molecule has 0 aliphatic rings. The molecule has 144 valence electrons. The van der Waals surface area contributed by atoms with Gasteiger partial charge in [-0.3, -0.25) is 0 Å². The molecule has 6 nitrogen and oxygen atoms in total. The molecule has 0 bridgehead atoms. The van der Waals surface area contributed by atoms with Gasteiger partial charge < -0.3 is 20.5 Å². The lowest BCUT2D eigenvalue weighted by molar-refractivity contribution is -0.140. The molecule has 0 aliphatic carbocycles. The highest BCUT2D eigenvalue weighted by molar-refractivity contribution is 5.90. The maximum Gasteiger partial charge on any atom is 0.416 e. The number of ether oxygens (including phenoxy) is 1. The maximum atomic E-state index is 13.1. The zero-order valence-corrected chi connectivity index (χ0v) is 14.5. The van der Waals surface area contributed by atoms with E-state index < -0.39 is 30.3 Å². The Morgan fingerprint density at radius 2 is 1.81 bits per heavy atom. The van der Waals surface area contributed by atoms with Gasteiger partial charge in [-0.2, -0.15) is 13.2 Å². The molecule has 0 aromatic heterocycles. The number of carbonyl (C=O) groups is 2. The van der Waals surface area contributed by atoms with Gasteiger partial charge in [0.25, 0.3) is 0 Å². The Labute approximate surface area is 153 Å². The summed E-state index contributed by atoms with van der Waals surface area (Å²) in [5.41, 5.74) is 0.671. The lowest BCUT2D eigenvalue weighted by atomic mass is 9.97. The van der Waals surface area contributed by atoms with Crippen LogP contribution >= 0.6 is 0 Å². The highest BCUT2D eigenvalue weighted by Crippen LogP contribution is 2.39. The number of aliphatic carboxylic acids is 1. The first-order chi connectivity index (χ1) is 12.6. The summed E-state index contributed by atoms with van der Waals surface area (Å²) in [6.45, 7) is 0.972. The molecule has 0 unspecified atom stereocenters. The molecule has 27 heavy (non-hydrogen) atoms. The Morgan fingerprint density at radius 1 is 1.11 bits per heavy atom. The maximum absolute atomic E-state index is 13.1. The zero-order chi connectivity index (χ0) is 20.2. The van der Waals surface area contributed by atoms with Crippen LogP contribution in [-0.4, -0.2) is 30.8 Å². The predicted octanol–water partition coefficient (Wildman–Crippen LogP) is 3.90. The van der Waals surface area contributed by atoms with Crippen LogP contribution in [0.15, 0.2) is 36.4 Å². The molecule has 2 rings (SSSR count). The first-order valence-corrected chi connectivity index (χ1v) is 7.77. The Bertz CT molecular complexity index is 866. The molecule has 2 amide bonds. The number of halogens is 3. The monoisotopic (exact) mass is 382 g/mol. The molecule has 0 atom stereocenters. The minimum absolute atomic E-state index is 0.0144.